The highest BCUT2D eigenvalue weighted by Crippen LogP contribution is 2.30. The minimum atomic E-state index is -1.67. The number of amides is 2. The Balaban J connectivity index is 1.79. The zero-order chi connectivity index (χ0) is 18.8. The molecule has 2 aromatic rings. The second-order valence-corrected chi connectivity index (χ2v) is 5.75. The second kappa shape index (κ2) is 6.88. The van der Waals surface area contributed by atoms with Gasteiger partial charge >= 0.3 is 0 Å². The molecular formula is C18H12F3N3O2. The number of nitrogens with one attached hydrogen (secondary N) is 1. The lowest BCUT2D eigenvalue weighted by Crippen LogP contribution is -2.29. The molecule has 2 amide bonds. The number of hydrogen-bond donors (Lipinski definition) is 1. The fourth-order valence-electron chi connectivity index (χ4n) is 2.76. The molecule has 1 fully saturated rings. The van der Waals surface area contributed by atoms with E-state index in [1.807, 2.05) is 6.07 Å². The first-order chi connectivity index (χ1) is 12.4. The zero-order valence-electron chi connectivity index (χ0n) is 13.3. The van der Waals surface area contributed by atoms with E-state index in [-0.39, 0.29) is 18.5 Å². The molecule has 0 radical (unpaired) electrons. The van der Waals surface area contributed by atoms with Gasteiger partial charge in [-0.1, -0.05) is 12.1 Å². The third kappa shape index (κ3) is 3.11. The summed E-state index contributed by atoms with van der Waals surface area (Å²) in [4.78, 5) is 25.4. The largest absolute Gasteiger partial charge is 0.325 e. The van der Waals surface area contributed by atoms with E-state index in [1.165, 1.54) is 6.07 Å². The summed E-state index contributed by atoms with van der Waals surface area (Å²) in [6.07, 6.45) is -0.209. The molecule has 1 atom stereocenters. The van der Waals surface area contributed by atoms with Crippen LogP contribution < -0.4 is 10.2 Å². The van der Waals surface area contributed by atoms with E-state index in [0.717, 1.165) is 17.0 Å². The van der Waals surface area contributed by atoms with Crippen LogP contribution in [-0.2, 0) is 9.59 Å². The van der Waals surface area contributed by atoms with Crippen molar-refractivity contribution in [2.24, 2.45) is 5.92 Å². The number of nitrogens with zero attached hydrogens (tertiary/aromatic N) is 2. The van der Waals surface area contributed by atoms with Gasteiger partial charge in [-0.05, 0) is 24.3 Å². The average molecular weight is 359 g/mol. The summed E-state index contributed by atoms with van der Waals surface area (Å²) in [5.74, 6) is -6.43. The molecule has 1 aliphatic heterocycles. The van der Waals surface area contributed by atoms with Crippen molar-refractivity contribution in [2.45, 2.75) is 6.42 Å². The van der Waals surface area contributed by atoms with Crippen LogP contribution in [0.4, 0.5) is 24.5 Å². The van der Waals surface area contributed by atoms with E-state index < -0.39 is 40.9 Å². The maximum atomic E-state index is 13.9. The first-order valence-corrected chi connectivity index (χ1v) is 7.66. The highest BCUT2D eigenvalue weighted by molar-refractivity contribution is 6.03. The van der Waals surface area contributed by atoms with Crippen molar-refractivity contribution in [1.29, 1.82) is 5.26 Å². The number of halogens is 3. The highest BCUT2D eigenvalue weighted by Gasteiger charge is 2.37. The normalized spacial score (nSPS) is 16.5. The van der Waals surface area contributed by atoms with Gasteiger partial charge in [0.25, 0.3) is 0 Å². The molecule has 1 unspecified atom stereocenters. The fourth-order valence-corrected chi connectivity index (χ4v) is 2.76. The van der Waals surface area contributed by atoms with Gasteiger partial charge in [-0.2, -0.15) is 5.26 Å². The van der Waals surface area contributed by atoms with Crippen LogP contribution in [-0.4, -0.2) is 18.4 Å². The smallest absolute Gasteiger partial charge is 0.229 e. The molecule has 1 N–H and O–H groups in total. The van der Waals surface area contributed by atoms with Gasteiger partial charge in [0.15, 0.2) is 17.5 Å². The summed E-state index contributed by atoms with van der Waals surface area (Å²) < 4.78 is 40.4. The first-order valence-electron chi connectivity index (χ1n) is 7.66. The molecule has 0 saturated carbocycles. The molecule has 0 aromatic heterocycles. The Kier molecular flexibility index (Phi) is 4.63. The number of anilines is 2. The minimum Gasteiger partial charge on any atom is -0.325 e. The molecule has 1 aliphatic rings. The first kappa shape index (κ1) is 17.5. The van der Waals surface area contributed by atoms with Gasteiger partial charge in [0.1, 0.15) is 6.07 Å². The second-order valence-electron chi connectivity index (χ2n) is 5.75. The molecular weight excluding hydrogens is 347 g/mol. The van der Waals surface area contributed by atoms with Crippen LogP contribution in [0.1, 0.15) is 12.0 Å². The summed E-state index contributed by atoms with van der Waals surface area (Å²) in [5, 5.41) is 11.6. The molecule has 3 rings (SSSR count). The lowest BCUT2D eigenvalue weighted by molar-refractivity contribution is -0.122. The SMILES string of the molecule is N#Cc1ccccc1NC(=O)C1CC(=O)N(c2ccc(F)c(F)c2F)C1. The topological polar surface area (TPSA) is 73.2 Å². The number of benzene rings is 2. The van der Waals surface area contributed by atoms with Crippen LogP contribution in [0.2, 0.25) is 0 Å². The Morgan fingerprint density at radius 2 is 1.88 bits per heavy atom. The van der Waals surface area contributed by atoms with Crippen molar-refractivity contribution >= 4 is 23.2 Å². The predicted octanol–water partition coefficient (Wildman–Crippen LogP) is 2.97. The van der Waals surface area contributed by atoms with E-state index in [2.05, 4.69) is 5.32 Å². The van der Waals surface area contributed by atoms with Crippen LogP contribution in [0, 0.1) is 34.7 Å². The van der Waals surface area contributed by atoms with Gasteiger partial charge < -0.3 is 10.2 Å². The van der Waals surface area contributed by atoms with E-state index >= 15 is 0 Å². The number of nitriles is 1. The van der Waals surface area contributed by atoms with Crippen molar-refractivity contribution in [3.8, 4) is 6.07 Å². The number of hydrogen-bond acceptors (Lipinski definition) is 3. The molecule has 132 valence electrons. The lowest BCUT2D eigenvalue weighted by atomic mass is 10.1. The maximum absolute atomic E-state index is 13.9. The van der Waals surface area contributed by atoms with E-state index in [1.54, 1.807) is 18.2 Å². The Hall–Kier alpha value is -3.34. The van der Waals surface area contributed by atoms with Crippen molar-refractivity contribution in [3.05, 3.63) is 59.4 Å². The molecule has 8 heteroatoms. The number of carbonyl (C=O) groups excluding carboxylic acids is 2. The Labute approximate surface area is 146 Å². The molecule has 1 saturated heterocycles. The van der Waals surface area contributed by atoms with Crippen LogP contribution >= 0.6 is 0 Å². The average Bonchev–Trinajstić information content (AvgIpc) is 3.02. The Morgan fingerprint density at radius 3 is 2.62 bits per heavy atom. The molecule has 5 nitrogen and oxygen atoms in total. The van der Waals surface area contributed by atoms with Crippen LogP contribution in [0.15, 0.2) is 36.4 Å². The summed E-state index contributed by atoms with van der Waals surface area (Å²) >= 11 is 0. The van der Waals surface area contributed by atoms with Gasteiger partial charge in [0, 0.05) is 13.0 Å². The molecule has 0 spiro atoms. The van der Waals surface area contributed by atoms with Crippen molar-refractivity contribution in [2.75, 3.05) is 16.8 Å². The van der Waals surface area contributed by atoms with Crippen LogP contribution in [0.25, 0.3) is 0 Å². The molecule has 2 aromatic carbocycles. The van der Waals surface area contributed by atoms with Crippen LogP contribution in [0.5, 0.6) is 0 Å². The van der Waals surface area contributed by atoms with Gasteiger partial charge in [-0.3, -0.25) is 9.59 Å². The van der Waals surface area contributed by atoms with E-state index in [9.17, 15) is 22.8 Å². The van der Waals surface area contributed by atoms with Gasteiger partial charge in [0.2, 0.25) is 11.8 Å². The number of carbonyl (C=O) groups is 2. The van der Waals surface area contributed by atoms with E-state index in [4.69, 9.17) is 5.26 Å². The number of para-hydroxylation sites is 1. The maximum Gasteiger partial charge on any atom is 0.229 e. The van der Waals surface area contributed by atoms with Gasteiger partial charge in [-0.15, -0.1) is 0 Å². The fraction of sp³-hybridized carbons (Fsp3) is 0.167. The summed E-state index contributed by atoms with van der Waals surface area (Å²) in [6, 6.07) is 9.96. The molecule has 0 aliphatic carbocycles. The summed E-state index contributed by atoms with van der Waals surface area (Å²) in [5.41, 5.74) is 0.139. The quantitative estimate of drug-likeness (QED) is 0.857. The van der Waals surface area contributed by atoms with Gasteiger partial charge in [-0.25, -0.2) is 13.2 Å². The highest BCUT2D eigenvalue weighted by atomic mass is 19.2. The predicted molar refractivity (Wildman–Crippen MR) is 86.6 cm³/mol. The van der Waals surface area contributed by atoms with E-state index in [0.29, 0.717) is 5.69 Å². The standard InChI is InChI=1S/C18H12F3N3O2/c19-12-5-6-14(17(21)16(12)20)24-9-11(7-15(24)25)18(26)23-13-4-2-1-3-10(13)8-22/h1-6,11H,7,9H2,(H,23,26). The summed E-state index contributed by atoms with van der Waals surface area (Å²) in [6.45, 7) is -0.179. The monoisotopic (exact) mass is 359 g/mol. The molecule has 1 heterocycles. The summed E-state index contributed by atoms with van der Waals surface area (Å²) in [7, 11) is 0. The third-order valence-corrected chi connectivity index (χ3v) is 4.11. The van der Waals surface area contributed by atoms with Crippen molar-refractivity contribution < 1.29 is 22.8 Å². The van der Waals surface area contributed by atoms with Crippen LogP contribution in [0.3, 0.4) is 0 Å². The third-order valence-electron chi connectivity index (χ3n) is 4.11. The molecule has 26 heavy (non-hydrogen) atoms. The minimum absolute atomic E-state index is 0.179. The molecule has 0 bridgehead atoms. The Morgan fingerprint density at radius 1 is 1.15 bits per heavy atom. The zero-order valence-corrected chi connectivity index (χ0v) is 13.3. The Bertz CT molecular complexity index is 940. The lowest BCUT2D eigenvalue weighted by Gasteiger charge is -2.18. The van der Waals surface area contributed by atoms with Crippen molar-refractivity contribution in [3.63, 3.8) is 0 Å². The van der Waals surface area contributed by atoms with Crippen molar-refractivity contribution in [1.82, 2.24) is 0 Å². The number of rotatable bonds is 3. The van der Waals surface area contributed by atoms with Gasteiger partial charge in [0.05, 0.1) is 22.9 Å².